The number of hydrogen-bond acceptors (Lipinski definition) is 2. The minimum Gasteiger partial charge on any atom is -0.481 e. The van der Waals surface area contributed by atoms with E-state index in [4.69, 9.17) is 9.84 Å². The van der Waals surface area contributed by atoms with Crippen LogP contribution in [-0.4, -0.2) is 24.3 Å². The number of carboxylic acid groups (broad SMARTS) is 1. The fraction of sp³-hybridized carbons (Fsp3) is 0.889. The second-order valence-corrected chi connectivity index (χ2v) is 3.21. The van der Waals surface area contributed by atoms with Crippen molar-refractivity contribution in [3.63, 3.8) is 0 Å². The highest BCUT2D eigenvalue weighted by Crippen LogP contribution is 2.18. The molecule has 0 heterocycles. The summed E-state index contributed by atoms with van der Waals surface area (Å²) in [6, 6.07) is 0. The van der Waals surface area contributed by atoms with Crippen molar-refractivity contribution >= 4 is 5.97 Å². The summed E-state index contributed by atoms with van der Waals surface area (Å²) < 4.78 is 5.15. The highest BCUT2D eigenvalue weighted by atomic mass is 16.5. The lowest BCUT2D eigenvalue weighted by Gasteiger charge is -2.24. The third-order valence-corrected chi connectivity index (χ3v) is 2.36. The first-order valence-electron chi connectivity index (χ1n) is 4.30. The van der Waals surface area contributed by atoms with Crippen LogP contribution in [0, 0.1) is 11.8 Å². The van der Waals surface area contributed by atoms with Crippen molar-refractivity contribution in [1.29, 1.82) is 0 Å². The maximum atomic E-state index is 10.6. The number of ether oxygens (including phenoxy) is 1. The van der Waals surface area contributed by atoms with Crippen LogP contribution in [-0.2, 0) is 9.53 Å². The summed E-state index contributed by atoms with van der Waals surface area (Å²) in [6.45, 7) is 5.72. The van der Waals surface area contributed by atoms with Gasteiger partial charge in [0.05, 0.1) is 12.0 Å². The molecule has 0 saturated carbocycles. The minimum atomic E-state index is -0.790. The van der Waals surface area contributed by atoms with Crippen molar-refractivity contribution in [1.82, 2.24) is 0 Å². The topological polar surface area (TPSA) is 46.5 Å². The maximum Gasteiger partial charge on any atom is 0.308 e. The van der Waals surface area contributed by atoms with Gasteiger partial charge in [0.1, 0.15) is 0 Å². The Labute approximate surface area is 73.7 Å². The molecule has 2 unspecified atom stereocenters. The molecule has 0 saturated heterocycles. The second-order valence-electron chi connectivity index (χ2n) is 3.21. The molecular weight excluding hydrogens is 156 g/mol. The van der Waals surface area contributed by atoms with Crippen LogP contribution in [0.1, 0.15) is 27.2 Å². The summed E-state index contributed by atoms with van der Waals surface area (Å²) in [4.78, 5) is 10.6. The van der Waals surface area contributed by atoms with Crippen LogP contribution >= 0.6 is 0 Å². The van der Waals surface area contributed by atoms with Gasteiger partial charge in [0, 0.05) is 7.11 Å². The van der Waals surface area contributed by atoms with E-state index in [0.29, 0.717) is 5.92 Å². The maximum absolute atomic E-state index is 10.6. The Balaban J connectivity index is 4.23. The zero-order valence-electron chi connectivity index (χ0n) is 8.20. The molecule has 0 aromatic rings. The molecule has 0 aromatic heterocycles. The molecule has 0 aromatic carbocycles. The molecule has 0 amide bonds. The number of carboxylic acids is 1. The van der Waals surface area contributed by atoms with Gasteiger partial charge in [-0.2, -0.15) is 0 Å². The quantitative estimate of drug-likeness (QED) is 0.691. The van der Waals surface area contributed by atoms with Gasteiger partial charge in [-0.3, -0.25) is 4.79 Å². The van der Waals surface area contributed by atoms with Crippen LogP contribution in [0.3, 0.4) is 0 Å². The average Bonchev–Trinajstić information content (AvgIpc) is 2.05. The standard InChI is InChI=1S/C9H18O3/c1-5-6(2)8(12-4)7(3)9(10)11/h6-8H,5H2,1-4H3,(H,10,11)/t6?,7-,8?/m1/s1. The van der Waals surface area contributed by atoms with E-state index in [2.05, 4.69) is 0 Å². The predicted molar refractivity (Wildman–Crippen MR) is 47.1 cm³/mol. The molecule has 1 N–H and O–H groups in total. The molecule has 0 radical (unpaired) electrons. The van der Waals surface area contributed by atoms with Crippen LogP contribution in [0.5, 0.6) is 0 Å². The molecule has 0 aliphatic carbocycles. The molecule has 72 valence electrons. The van der Waals surface area contributed by atoms with E-state index >= 15 is 0 Å². The first-order chi connectivity index (χ1) is 5.54. The van der Waals surface area contributed by atoms with Crippen molar-refractivity contribution < 1.29 is 14.6 Å². The molecule has 0 aliphatic heterocycles. The summed E-state index contributed by atoms with van der Waals surface area (Å²) in [5, 5.41) is 8.75. The molecule has 0 fully saturated rings. The summed E-state index contributed by atoms with van der Waals surface area (Å²) in [5.74, 6) is -0.923. The molecule has 0 aliphatic rings. The van der Waals surface area contributed by atoms with Gasteiger partial charge in [-0.15, -0.1) is 0 Å². The predicted octanol–water partition coefficient (Wildman–Crippen LogP) is 1.77. The van der Waals surface area contributed by atoms with Crippen LogP contribution in [0.25, 0.3) is 0 Å². The third-order valence-electron chi connectivity index (χ3n) is 2.36. The van der Waals surface area contributed by atoms with Crippen molar-refractivity contribution in [2.24, 2.45) is 11.8 Å². The lowest BCUT2D eigenvalue weighted by atomic mass is 9.91. The molecule has 3 atom stereocenters. The molecule has 3 heteroatoms. The van der Waals surface area contributed by atoms with E-state index < -0.39 is 11.9 Å². The van der Waals surface area contributed by atoms with Crippen molar-refractivity contribution in [2.45, 2.75) is 33.3 Å². The average molecular weight is 174 g/mol. The van der Waals surface area contributed by atoms with Gasteiger partial charge in [0.15, 0.2) is 0 Å². The molecule has 3 nitrogen and oxygen atoms in total. The number of hydrogen-bond donors (Lipinski definition) is 1. The summed E-state index contributed by atoms with van der Waals surface area (Å²) in [5.41, 5.74) is 0. The molecule has 0 rings (SSSR count). The van der Waals surface area contributed by atoms with E-state index in [9.17, 15) is 4.79 Å². The zero-order chi connectivity index (χ0) is 9.72. The number of rotatable bonds is 5. The van der Waals surface area contributed by atoms with Crippen LogP contribution in [0.15, 0.2) is 0 Å². The fourth-order valence-electron chi connectivity index (χ4n) is 1.30. The highest BCUT2D eigenvalue weighted by Gasteiger charge is 2.27. The second kappa shape index (κ2) is 5.14. The Bertz CT molecular complexity index is 145. The minimum absolute atomic E-state index is 0.174. The van der Waals surface area contributed by atoms with Crippen LogP contribution < -0.4 is 0 Å². The lowest BCUT2D eigenvalue weighted by Crippen LogP contribution is -2.32. The fourth-order valence-corrected chi connectivity index (χ4v) is 1.30. The van der Waals surface area contributed by atoms with Crippen LogP contribution in [0.2, 0.25) is 0 Å². The van der Waals surface area contributed by atoms with Gasteiger partial charge >= 0.3 is 5.97 Å². The third kappa shape index (κ3) is 2.81. The summed E-state index contributed by atoms with van der Waals surface area (Å²) >= 11 is 0. The van der Waals surface area contributed by atoms with Gasteiger partial charge < -0.3 is 9.84 Å². The van der Waals surface area contributed by atoms with Gasteiger partial charge in [-0.05, 0) is 12.8 Å². The van der Waals surface area contributed by atoms with E-state index in [0.717, 1.165) is 6.42 Å². The van der Waals surface area contributed by atoms with Gasteiger partial charge in [0.2, 0.25) is 0 Å². The van der Waals surface area contributed by atoms with E-state index in [1.54, 1.807) is 14.0 Å². The summed E-state index contributed by atoms with van der Waals surface area (Å²) in [6.07, 6.45) is 0.767. The Morgan fingerprint density at radius 1 is 1.50 bits per heavy atom. The molecule has 0 bridgehead atoms. The van der Waals surface area contributed by atoms with Gasteiger partial charge in [0.25, 0.3) is 0 Å². The van der Waals surface area contributed by atoms with Crippen LogP contribution in [0.4, 0.5) is 0 Å². The zero-order valence-corrected chi connectivity index (χ0v) is 8.20. The van der Waals surface area contributed by atoms with E-state index in [1.165, 1.54) is 0 Å². The SMILES string of the molecule is CCC(C)C(OC)[C@@H](C)C(=O)O. The summed E-state index contributed by atoms with van der Waals surface area (Å²) in [7, 11) is 1.57. The van der Waals surface area contributed by atoms with Crippen molar-refractivity contribution in [2.75, 3.05) is 7.11 Å². The van der Waals surface area contributed by atoms with E-state index in [1.807, 2.05) is 13.8 Å². The first kappa shape index (κ1) is 11.4. The Morgan fingerprint density at radius 3 is 2.25 bits per heavy atom. The van der Waals surface area contributed by atoms with Crippen molar-refractivity contribution in [3.05, 3.63) is 0 Å². The first-order valence-corrected chi connectivity index (χ1v) is 4.30. The van der Waals surface area contributed by atoms with Crippen molar-refractivity contribution in [3.8, 4) is 0 Å². The van der Waals surface area contributed by atoms with Gasteiger partial charge in [-0.25, -0.2) is 0 Å². The molecule has 0 spiro atoms. The Kier molecular flexibility index (Phi) is 4.90. The highest BCUT2D eigenvalue weighted by molar-refractivity contribution is 5.70. The lowest BCUT2D eigenvalue weighted by molar-refractivity contribution is -0.147. The number of methoxy groups -OCH3 is 1. The Morgan fingerprint density at radius 2 is 2.00 bits per heavy atom. The number of carbonyl (C=O) groups is 1. The number of aliphatic carboxylic acids is 1. The Hall–Kier alpha value is -0.570. The largest absolute Gasteiger partial charge is 0.481 e. The molecule has 12 heavy (non-hydrogen) atoms. The normalized spacial score (nSPS) is 18.3. The monoisotopic (exact) mass is 174 g/mol. The van der Waals surface area contributed by atoms with Gasteiger partial charge in [-0.1, -0.05) is 20.3 Å². The smallest absolute Gasteiger partial charge is 0.308 e. The molecular formula is C9H18O3. The van der Waals surface area contributed by atoms with E-state index in [-0.39, 0.29) is 6.10 Å².